The highest BCUT2D eigenvalue weighted by atomic mass is 32.1. The number of piperidine rings is 1. The maximum atomic E-state index is 11.9. The molecule has 1 saturated heterocycles. The summed E-state index contributed by atoms with van der Waals surface area (Å²) < 4.78 is 0. The van der Waals surface area contributed by atoms with Gasteiger partial charge in [0.1, 0.15) is 0 Å². The quantitative estimate of drug-likeness (QED) is 0.798. The number of rotatable bonds is 7. The van der Waals surface area contributed by atoms with Crippen molar-refractivity contribution in [3.8, 4) is 0 Å². The minimum Gasteiger partial charge on any atom is -0.392 e. The highest BCUT2D eigenvalue weighted by Crippen LogP contribution is 2.23. The molecule has 1 aliphatic heterocycles. The number of benzene rings is 1. The number of thiazole rings is 1. The van der Waals surface area contributed by atoms with Crippen LogP contribution in [0, 0.1) is 5.92 Å². The van der Waals surface area contributed by atoms with Crippen LogP contribution in [0.4, 0.5) is 5.13 Å². The van der Waals surface area contributed by atoms with Crippen molar-refractivity contribution < 1.29 is 9.90 Å². The summed E-state index contributed by atoms with van der Waals surface area (Å²) >= 11 is 1.43. The van der Waals surface area contributed by atoms with Gasteiger partial charge in [0.15, 0.2) is 5.13 Å². The number of carbonyl (C=O) groups is 1. The van der Waals surface area contributed by atoms with Crippen molar-refractivity contribution in [3.63, 3.8) is 0 Å². The molecule has 1 atom stereocenters. The molecular weight excluding hydrogens is 334 g/mol. The van der Waals surface area contributed by atoms with Crippen LogP contribution in [0.15, 0.2) is 41.9 Å². The van der Waals surface area contributed by atoms with Crippen LogP contribution in [0.5, 0.6) is 0 Å². The zero-order valence-electron chi connectivity index (χ0n) is 14.3. The molecule has 5 nitrogen and oxygen atoms in total. The summed E-state index contributed by atoms with van der Waals surface area (Å²) in [6.07, 6.45) is 4.59. The zero-order valence-corrected chi connectivity index (χ0v) is 15.1. The average molecular weight is 359 g/mol. The fourth-order valence-electron chi connectivity index (χ4n) is 3.31. The van der Waals surface area contributed by atoms with E-state index in [9.17, 15) is 9.90 Å². The first-order chi connectivity index (χ1) is 12.2. The summed E-state index contributed by atoms with van der Waals surface area (Å²) in [5, 5.41) is 15.8. The number of likely N-dealkylation sites (tertiary alicyclic amines) is 1. The molecule has 0 radical (unpaired) electrons. The van der Waals surface area contributed by atoms with Gasteiger partial charge in [-0.2, -0.15) is 0 Å². The van der Waals surface area contributed by atoms with Crippen molar-refractivity contribution in [1.29, 1.82) is 0 Å². The van der Waals surface area contributed by atoms with E-state index in [0.29, 0.717) is 17.5 Å². The molecule has 1 amide bonds. The zero-order chi connectivity index (χ0) is 17.5. The second-order valence-corrected chi connectivity index (χ2v) is 7.47. The van der Waals surface area contributed by atoms with E-state index in [2.05, 4.69) is 27.3 Å². The van der Waals surface area contributed by atoms with Crippen LogP contribution in [-0.2, 0) is 11.2 Å². The van der Waals surface area contributed by atoms with Crippen LogP contribution in [0.3, 0.4) is 0 Å². The van der Waals surface area contributed by atoms with Gasteiger partial charge in [-0.15, -0.1) is 11.3 Å². The largest absolute Gasteiger partial charge is 0.392 e. The van der Waals surface area contributed by atoms with E-state index >= 15 is 0 Å². The standard InChI is InChI=1S/C19H25N3O2S/c23-17(14-15-4-2-1-3-5-15)16-6-10-22(11-7-16)12-8-18(24)21-19-20-9-13-25-19/h1-5,9,13,16-17,23H,6-8,10-12,14H2,(H,20,21,24). The lowest BCUT2D eigenvalue weighted by atomic mass is 9.88. The number of amides is 1. The Labute approximate surface area is 152 Å². The number of carbonyl (C=O) groups excluding carboxylic acids is 1. The van der Waals surface area contributed by atoms with Gasteiger partial charge in [-0.1, -0.05) is 30.3 Å². The topological polar surface area (TPSA) is 65.5 Å². The smallest absolute Gasteiger partial charge is 0.227 e. The van der Waals surface area contributed by atoms with Gasteiger partial charge in [-0.25, -0.2) is 4.98 Å². The Morgan fingerprint density at radius 2 is 2.08 bits per heavy atom. The number of hydrogen-bond acceptors (Lipinski definition) is 5. The minimum absolute atomic E-state index is 0.0150. The summed E-state index contributed by atoms with van der Waals surface area (Å²) in [7, 11) is 0. The predicted octanol–water partition coefficient (Wildman–Crippen LogP) is 2.79. The average Bonchev–Trinajstić information content (AvgIpc) is 3.14. The maximum absolute atomic E-state index is 11.9. The van der Waals surface area contributed by atoms with Gasteiger partial charge in [-0.05, 0) is 43.8 Å². The molecule has 3 rings (SSSR count). The van der Waals surface area contributed by atoms with Gasteiger partial charge in [0.2, 0.25) is 5.91 Å². The molecule has 2 heterocycles. The van der Waals surface area contributed by atoms with Crippen LogP contribution < -0.4 is 5.32 Å². The third-order valence-corrected chi connectivity index (χ3v) is 5.49. The van der Waals surface area contributed by atoms with Crippen LogP contribution in [0.1, 0.15) is 24.8 Å². The molecule has 0 spiro atoms. The molecule has 6 heteroatoms. The number of anilines is 1. The summed E-state index contributed by atoms with van der Waals surface area (Å²) in [6.45, 7) is 2.65. The number of nitrogens with zero attached hydrogens (tertiary/aromatic N) is 2. The molecule has 1 fully saturated rings. The molecule has 0 saturated carbocycles. The minimum atomic E-state index is -0.280. The SMILES string of the molecule is O=C(CCN1CCC(C(O)Cc2ccccc2)CC1)Nc1nccs1. The monoisotopic (exact) mass is 359 g/mol. The van der Waals surface area contributed by atoms with Crippen LogP contribution in [-0.4, -0.2) is 46.6 Å². The summed E-state index contributed by atoms with van der Waals surface area (Å²) in [4.78, 5) is 18.3. The van der Waals surface area contributed by atoms with Crippen LogP contribution >= 0.6 is 11.3 Å². The van der Waals surface area contributed by atoms with E-state index in [1.807, 2.05) is 23.6 Å². The Balaban J connectivity index is 1.36. The molecule has 1 aromatic carbocycles. The lowest BCUT2D eigenvalue weighted by Crippen LogP contribution is -2.39. The van der Waals surface area contributed by atoms with E-state index in [1.54, 1.807) is 6.20 Å². The molecule has 25 heavy (non-hydrogen) atoms. The summed E-state index contributed by atoms with van der Waals surface area (Å²) in [5.41, 5.74) is 1.19. The highest BCUT2D eigenvalue weighted by Gasteiger charge is 2.25. The molecular formula is C19H25N3O2S. The summed E-state index contributed by atoms with van der Waals surface area (Å²) in [6, 6.07) is 10.2. The Hall–Kier alpha value is -1.76. The van der Waals surface area contributed by atoms with Crippen molar-refractivity contribution in [1.82, 2.24) is 9.88 Å². The first kappa shape index (κ1) is 18.0. The maximum Gasteiger partial charge on any atom is 0.227 e. The van der Waals surface area contributed by atoms with Gasteiger partial charge >= 0.3 is 0 Å². The van der Waals surface area contributed by atoms with E-state index in [4.69, 9.17) is 0 Å². The second kappa shape index (κ2) is 9.08. The Kier molecular flexibility index (Phi) is 6.55. The predicted molar refractivity (Wildman–Crippen MR) is 101 cm³/mol. The van der Waals surface area contributed by atoms with Gasteiger partial charge in [0.05, 0.1) is 6.10 Å². The molecule has 2 N–H and O–H groups in total. The van der Waals surface area contributed by atoms with E-state index in [0.717, 1.165) is 38.9 Å². The van der Waals surface area contributed by atoms with Gasteiger partial charge in [-0.3, -0.25) is 4.79 Å². The summed E-state index contributed by atoms with van der Waals surface area (Å²) in [5.74, 6) is 0.363. The van der Waals surface area contributed by atoms with Gasteiger partial charge < -0.3 is 15.3 Å². The molecule has 0 aliphatic carbocycles. The van der Waals surface area contributed by atoms with Crippen molar-refractivity contribution in [2.75, 3.05) is 25.0 Å². The number of aliphatic hydroxyl groups is 1. The fourth-order valence-corrected chi connectivity index (χ4v) is 3.86. The Morgan fingerprint density at radius 3 is 2.76 bits per heavy atom. The molecule has 2 aromatic rings. The number of hydrogen-bond donors (Lipinski definition) is 2. The number of aliphatic hydroxyl groups excluding tert-OH is 1. The van der Waals surface area contributed by atoms with Crippen molar-refractivity contribution in [2.24, 2.45) is 5.92 Å². The van der Waals surface area contributed by atoms with E-state index in [-0.39, 0.29) is 12.0 Å². The van der Waals surface area contributed by atoms with Gasteiger partial charge in [0, 0.05) is 24.5 Å². The number of nitrogens with one attached hydrogen (secondary N) is 1. The van der Waals surface area contributed by atoms with Crippen LogP contribution in [0.2, 0.25) is 0 Å². The molecule has 0 bridgehead atoms. The van der Waals surface area contributed by atoms with E-state index in [1.165, 1.54) is 16.9 Å². The van der Waals surface area contributed by atoms with Crippen molar-refractivity contribution >= 4 is 22.4 Å². The first-order valence-corrected chi connectivity index (χ1v) is 9.72. The third kappa shape index (κ3) is 5.63. The number of aromatic nitrogens is 1. The normalized spacial score (nSPS) is 17.3. The Morgan fingerprint density at radius 1 is 1.32 bits per heavy atom. The van der Waals surface area contributed by atoms with Crippen molar-refractivity contribution in [3.05, 3.63) is 47.5 Å². The lowest BCUT2D eigenvalue weighted by molar-refractivity contribution is -0.116. The van der Waals surface area contributed by atoms with E-state index < -0.39 is 0 Å². The molecule has 1 aromatic heterocycles. The third-order valence-electron chi connectivity index (χ3n) is 4.80. The van der Waals surface area contributed by atoms with Crippen molar-refractivity contribution in [2.45, 2.75) is 31.8 Å². The van der Waals surface area contributed by atoms with Gasteiger partial charge in [0.25, 0.3) is 0 Å². The molecule has 1 unspecified atom stereocenters. The second-order valence-electron chi connectivity index (χ2n) is 6.57. The first-order valence-electron chi connectivity index (χ1n) is 8.84. The molecule has 134 valence electrons. The molecule has 1 aliphatic rings. The fraction of sp³-hybridized carbons (Fsp3) is 0.474. The highest BCUT2D eigenvalue weighted by molar-refractivity contribution is 7.13. The Bertz CT molecular complexity index is 640. The van der Waals surface area contributed by atoms with Crippen LogP contribution in [0.25, 0.3) is 0 Å². The lowest BCUT2D eigenvalue weighted by Gasteiger charge is -2.34.